The van der Waals surface area contributed by atoms with Crippen molar-refractivity contribution >= 4 is 59.5 Å². The van der Waals surface area contributed by atoms with Gasteiger partial charge in [-0.3, -0.25) is 38.4 Å². The summed E-state index contributed by atoms with van der Waals surface area (Å²) in [7, 11) is 0. The molecule has 0 N–H and O–H groups in total. The van der Waals surface area contributed by atoms with Crippen molar-refractivity contribution in [3.8, 4) is 0 Å². The van der Waals surface area contributed by atoms with E-state index in [4.69, 9.17) is 47.4 Å². The first kappa shape index (κ1) is 39.2. The number of carbonyl (C=O) groups is 8. The molecule has 0 amide bonds. The Kier molecular flexibility index (Phi) is 14.9. The molecule has 0 aromatic heterocycles. The zero-order valence-corrected chi connectivity index (χ0v) is 27.8. The largest absolute Gasteiger partial charge is 0.463 e. The van der Waals surface area contributed by atoms with E-state index in [2.05, 4.69) is 0 Å². The van der Waals surface area contributed by atoms with E-state index >= 15 is 0 Å². The summed E-state index contributed by atoms with van der Waals surface area (Å²) in [5, 5.41) is 0. The summed E-state index contributed by atoms with van der Waals surface area (Å²) in [6, 6.07) is 0. The van der Waals surface area contributed by atoms with Crippen molar-refractivity contribution in [2.75, 3.05) is 13.2 Å². The van der Waals surface area contributed by atoms with Gasteiger partial charge in [0.15, 0.2) is 36.6 Å². The smallest absolute Gasteiger partial charge is 0.303 e. The van der Waals surface area contributed by atoms with Crippen molar-refractivity contribution < 1.29 is 85.7 Å². The number of carbonyl (C=O) groups excluding carboxylic acids is 8. The fourth-order valence-corrected chi connectivity index (χ4v) is 6.14. The zero-order chi connectivity index (χ0) is 35.6. The Labute approximate surface area is 273 Å². The van der Waals surface area contributed by atoms with Gasteiger partial charge in [-0.25, -0.2) is 0 Å². The number of rotatable bonds is 12. The van der Waals surface area contributed by atoms with Crippen LogP contribution in [0.5, 0.6) is 0 Å². The monoisotopic (exact) mass is 694 g/mol. The molecule has 0 bridgehead atoms. The molecule has 0 spiro atoms. The molecule has 0 aromatic rings. The fraction of sp³-hybridized carbons (Fsp3) is 0.714. The van der Waals surface area contributed by atoms with Crippen molar-refractivity contribution in [3.63, 3.8) is 0 Å². The van der Waals surface area contributed by atoms with E-state index in [0.717, 1.165) is 55.4 Å². The van der Waals surface area contributed by atoms with Gasteiger partial charge in [0.05, 0.1) is 0 Å². The predicted molar refractivity (Wildman–Crippen MR) is 152 cm³/mol. The molecule has 2 aliphatic rings. The zero-order valence-electron chi connectivity index (χ0n) is 26.9. The van der Waals surface area contributed by atoms with Gasteiger partial charge in [-0.15, -0.1) is 0 Å². The molecule has 2 heterocycles. The second-order valence-electron chi connectivity index (χ2n) is 10.3. The van der Waals surface area contributed by atoms with Crippen molar-refractivity contribution in [2.45, 2.75) is 115 Å². The second kappa shape index (κ2) is 17.8. The summed E-state index contributed by atoms with van der Waals surface area (Å²) < 4.78 is 55.0. The van der Waals surface area contributed by atoms with Crippen LogP contribution in [0.2, 0.25) is 0 Å². The maximum absolute atomic E-state index is 12.3. The molecule has 2 aliphatic heterocycles. The van der Waals surface area contributed by atoms with Gasteiger partial charge >= 0.3 is 47.8 Å². The average molecular weight is 695 g/mol. The van der Waals surface area contributed by atoms with Gasteiger partial charge in [-0.1, -0.05) is 11.8 Å². The van der Waals surface area contributed by atoms with Crippen molar-refractivity contribution in [1.82, 2.24) is 0 Å². The summed E-state index contributed by atoms with van der Waals surface area (Å²) in [6.07, 6.45) is -11.7. The van der Waals surface area contributed by atoms with Crippen LogP contribution in [0.1, 0.15) is 55.4 Å². The van der Waals surface area contributed by atoms with Gasteiger partial charge in [0.25, 0.3) is 0 Å². The Bertz CT molecular complexity index is 1110. The van der Waals surface area contributed by atoms with E-state index < -0.39 is 121 Å². The van der Waals surface area contributed by atoms with Gasteiger partial charge in [-0.2, -0.15) is 0 Å². The minimum atomic E-state index is -1.54. The van der Waals surface area contributed by atoms with Gasteiger partial charge in [-0.05, 0) is 0 Å². The quantitative estimate of drug-likeness (QED) is 0.192. The lowest BCUT2D eigenvalue weighted by Crippen LogP contribution is -2.64. The number of hydrogen-bond acceptors (Lipinski definition) is 19. The molecule has 0 saturated carbocycles. The maximum Gasteiger partial charge on any atom is 0.303 e. The number of ether oxygens (including phenoxy) is 10. The summed E-state index contributed by atoms with van der Waals surface area (Å²) in [5.41, 5.74) is -2.84. The normalized spacial score (nSPS) is 30.0. The highest BCUT2D eigenvalue weighted by Gasteiger charge is 2.57. The molecule has 2 rings (SSSR count). The minimum Gasteiger partial charge on any atom is -0.463 e. The fourth-order valence-electron chi connectivity index (χ4n) is 4.73. The second-order valence-corrected chi connectivity index (χ2v) is 11.5. The Morgan fingerprint density at radius 3 is 0.915 bits per heavy atom. The number of hydrogen-bond donors (Lipinski definition) is 0. The van der Waals surface area contributed by atoms with Crippen LogP contribution in [0, 0.1) is 0 Å². The van der Waals surface area contributed by atoms with E-state index in [9.17, 15) is 38.4 Å². The molecule has 0 unspecified atom stereocenters. The van der Waals surface area contributed by atoms with E-state index in [1.165, 1.54) is 0 Å². The van der Waals surface area contributed by atoms with Crippen LogP contribution in [0.4, 0.5) is 0 Å². The van der Waals surface area contributed by atoms with Crippen LogP contribution in [0.25, 0.3) is 0 Å². The first-order valence-electron chi connectivity index (χ1n) is 14.2. The molecule has 264 valence electrons. The third-order valence-electron chi connectivity index (χ3n) is 6.16. The summed E-state index contributed by atoms with van der Waals surface area (Å²) in [4.78, 5) is 96.4. The summed E-state index contributed by atoms with van der Waals surface area (Å²) in [5.74, 6) is -6.62. The summed E-state index contributed by atoms with van der Waals surface area (Å²) >= 11 is 0.678. The minimum absolute atomic E-state index is 0.520. The first-order chi connectivity index (χ1) is 21.9. The third kappa shape index (κ3) is 12.3. The molecule has 19 heteroatoms. The molecule has 0 aromatic carbocycles. The Morgan fingerprint density at radius 2 is 0.660 bits per heavy atom. The van der Waals surface area contributed by atoms with Crippen LogP contribution in [-0.4, -0.2) is 121 Å². The first-order valence-corrected chi connectivity index (χ1v) is 15.1. The predicted octanol–water partition coefficient (Wildman–Crippen LogP) is -0.114. The van der Waals surface area contributed by atoms with E-state index in [0.29, 0.717) is 11.8 Å². The van der Waals surface area contributed by atoms with Crippen LogP contribution < -0.4 is 0 Å². The molecule has 18 nitrogen and oxygen atoms in total. The maximum atomic E-state index is 12.3. The van der Waals surface area contributed by atoms with E-state index in [1.807, 2.05) is 0 Å². The molecular weight excluding hydrogens is 656 g/mol. The molecule has 0 aliphatic carbocycles. The third-order valence-corrected chi connectivity index (χ3v) is 7.46. The average Bonchev–Trinajstić information content (AvgIpc) is 2.91. The van der Waals surface area contributed by atoms with Crippen molar-refractivity contribution in [1.29, 1.82) is 0 Å². The summed E-state index contributed by atoms with van der Waals surface area (Å²) in [6.45, 7) is 7.50. The van der Waals surface area contributed by atoms with Gasteiger partial charge in [0, 0.05) is 55.4 Å². The SMILES string of the molecule is CC(=O)OC[C@H]1O[C@H](S[C@@H]2O[C@H](COC(C)=O)[C@@H](OC(C)=O)[C@H](OC(C)=O)[C@H]2OC(C)=O)[C@H](OC(C)=O)[C@@H](OC(C)=O)[C@@H]1OC(C)=O. The van der Waals surface area contributed by atoms with Gasteiger partial charge in [0.2, 0.25) is 0 Å². The molecule has 10 atom stereocenters. The Hall–Kier alpha value is -3.97. The van der Waals surface area contributed by atoms with Crippen molar-refractivity contribution in [3.05, 3.63) is 0 Å². The van der Waals surface area contributed by atoms with Crippen molar-refractivity contribution in [2.24, 2.45) is 0 Å². The van der Waals surface area contributed by atoms with Crippen LogP contribution in [0.15, 0.2) is 0 Å². The van der Waals surface area contributed by atoms with Crippen LogP contribution in [0.3, 0.4) is 0 Å². The van der Waals surface area contributed by atoms with Crippen LogP contribution >= 0.6 is 11.8 Å². The van der Waals surface area contributed by atoms with E-state index in [1.54, 1.807) is 0 Å². The lowest BCUT2D eigenvalue weighted by molar-refractivity contribution is -0.243. The number of thioether (sulfide) groups is 1. The van der Waals surface area contributed by atoms with Crippen LogP contribution in [-0.2, 0) is 85.7 Å². The molecule has 0 radical (unpaired) electrons. The molecule has 2 saturated heterocycles. The highest BCUT2D eigenvalue weighted by Crippen LogP contribution is 2.41. The molecular formula is C28H38O18S. The topological polar surface area (TPSA) is 229 Å². The Morgan fingerprint density at radius 1 is 0.404 bits per heavy atom. The Balaban J connectivity index is 2.69. The van der Waals surface area contributed by atoms with Gasteiger partial charge < -0.3 is 47.4 Å². The standard InChI is InChI=1S/C28H38O18S/c1-11(29)37-9-19-21(39-13(3)31)23(41-15(5)33)25(43-17(7)35)27(45-19)47-28-26(44-18(8)36)24(42-16(6)34)22(40-14(4)32)20(46-28)10-38-12(2)30/h19-28H,9-10H2,1-8H3/t19-,20-,21-,22-,23+,24+,25-,26-,27-,28+/m1/s1. The van der Waals surface area contributed by atoms with Gasteiger partial charge in [0.1, 0.15) is 36.3 Å². The lowest BCUT2D eigenvalue weighted by Gasteiger charge is -2.47. The highest BCUT2D eigenvalue weighted by atomic mass is 32.2. The van der Waals surface area contributed by atoms with E-state index in [-0.39, 0.29) is 0 Å². The molecule has 2 fully saturated rings. The molecule has 47 heavy (non-hydrogen) atoms. The lowest BCUT2D eigenvalue weighted by atomic mass is 9.99. The highest BCUT2D eigenvalue weighted by molar-refractivity contribution is 8.00. The number of esters is 8.